The van der Waals surface area contributed by atoms with Crippen molar-refractivity contribution in [1.29, 1.82) is 0 Å². The lowest BCUT2D eigenvalue weighted by molar-refractivity contribution is -0.130. The lowest BCUT2D eigenvalue weighted by Crippen LogP contribution is -2.28. The van der Waals surface area contributed by atoms with Crippen LogP contribution in [-0.2, 0) is 4.79 Å². The largest absolute Gasteiger partial charge is 0.301 e. The van der Waals surface area contributed by atoms with E-state index in [0.29, 0.717) is 22.6 Å². The molecule has 190 valence electrons. The maximum absolute atomic E-state index is 13.5. The topological polar surface area (TPSA) is 96.2 Å². The van der Waals surface area contributed by atoms with E-state index < -0.39 is 0 Å². The van der Waals surface area contributed by atoms with Crippen molar-refractivity contribution < 1.29 is 4.79 Å². The van der Waals surface area contributed by atoms with Gasteiger partial charge in [0.2, 0.25) is 0 Å². The zero-order chi connectivity index (χ0) is 26.2. The summed E-state index contributed by atoms with van der Waals surface area (Å²) in [6.07, 6.45) is 2.16. The monoisotopic (exact) mass is 540 g/mol. The number of hydrogen-bond acceptors (Lipinski definition) is 7. The van der Waals surface area contributed by atoms with Gasteiger partial charge >= 0.3 is 0 Å². The molecule has 0 saturated heterocycles. The zero-order valence-corrected chi connectivity index (χ0v) is 22.4. The molecule has 2 aromatic carbocycles. The molecule has 1 atom stereocenters. The number of thiophene rings is 1. The Morgan fingerprint density at radius 3 is 2.53 bits per heavy atom. The number of amides is 1. The molecule has 6 rings (SSSR count). The second-order valence-corrected chi connectivity index (χ2v) is 11.1. The van der Waals surface area contributed by atoms with Crippen LogP contribution in [0.2, 0.25) is 0 Å². The second kappa shape index (κ2) is 10.0. The summed E-state index contributed by atoms with van der Waals surface area (Å²) in [5, 5.41) is 13.5. The number of fused-ring (bicyclic) bond motifs is 1. The molecular formula is C28H24N6O2S2. The lowest BCUT2D eigenvalue weighted by atomic mass is 10.00. The van der Waals surface area contributed by atoms with Crippen molar-refractivity contribution in [2.45, 2.75) is 31.5 Å². The van der Waals surface area contributed by atoms with Crippen molar-refractivity contribution >= 4 is 45.8 Å². The van der Waals surface area contributed by atoms with Crippen molar-refractivity contribution in [2.24, 2.45) is 5.10 Å². The van der Waals surface area contributed by atoms with E-state index in [-0.39, 0.29) is 23.3 Å². The smallest absolute Gasteiger partial charge is 0.262 e. The highest BCUT2D eigenvalue weighted by molar-refractivity contribution is 7.99. The normalized spacial score (nSPS) is 15.3. The summed E-state index contributed by atoms with van der Waals surface area (Å²) in [7, 11) is 0. The predicted molar refractivity (Wildman–Crippen MR) is 151 cm³/mol. The van der Waals surface area contributed by atoms with Gasteiger partial charge in [0.1, 0.15) is 5.39 Å². The first-order valence-corrected chi connectivity index (χ1v) is 14.0. The van der Waals surface area contributed by atoms with Crippen LogP contribution < -0.4 is 5.56 Å². The molecule has 1 aliphatic heterocycles. The molecule has 1 unspecified atom stereocenters. The van der Waals surface area contributed by atoms with E-state index in [2.05, 4.69) is 39.3 Å². The van der Waals surface area contributed by atoms with Crippen LogP contribution in [0.4, 0.5) is 0 Å². The summed E-state index contributed by atoms with van der Waals surface area (Å²) >= 11 is 2.80. The van der Waals surface area contributed by atoms with Gasteiger partial charge in [-0.1, -0.05) is 65.4 Å². The van der Waals surface area contributed by atoms with Crippen molar-refractivity contribution in [3.8, 4) is 5.69 Å². The fourth-order valence-electron chi connectivity index (χ4n) is 4.42. The van der Waals surface area contributed by atoms with Crippen LogP contribution in [0.3, 0.4) is 0 Å². The van der Waals surface area contributed by atoms with E-state index in [0.717, 1.165) is 33.0 Å². The predicted octanol–water partition coefficient (Wildman–Crippen LogP) is 5.26. The first-order valence-electron chi connectivity index (χ1n) is 12.1. The summed E-state index contributed by atoms with van der Waals surface area (Å²) in [5.74, 6) is -0.0709. The summed E-state index contributed by atoms with van der Waals surface area (Å²) in [6.45, 7) is 4.05. The third-order valence-electron chi connectivity index (χ3n) is 6.46. The van der Waals surface area contributed by atoms with E-state index in [4.69, 9.17) is 5.10 Å². The third kappa shape index (κ3) is 4.68. The summed E-state index contributed by atoms with van der Waals surface area (Å²) < 4.78 is 1.64. The Bertz CT molecular complexity index is 1700. The van der Waals surface area contributed by atoms with Crippen molar-refractivity contribution in [3.63, 3.8) is 0 Å². The minimum atomic E-state index is -0.292. The van der Waals surface area contributed by atoms with Gasteiger partial charge in [0.25, 0.3) is 11.5 Å². The molecule has 0 aliphatic carbocycles. The van der Waals surface area contributed by atoms with Crippen LogP contribution in [0.1, 0.15) is 34.0 Å². The van der Waals surface area contributed by atoms with Crippen LogP contribution in [0, 0.1) is 13.8 Å². The fourth-order valence-corrected chi connectivity index (χ4v) is 5.85. The number of aryl methyl sites for hydroxylation is 2. The van der Waals surface area contributed by atoms with Gasteiger partial charge in [-0.25, -0.2) is 14.7 Å². The molecule has 1 aliphatic rings. The number of H-pyrrole nitrogens is 1. The number of carbonyl (C=O) groups is 1. The van der Waals surface area contributed by atoms with E-state index in [1.807, 2.05) is 55.6 Å². The Balaban J connectivity index is 1.26. The Kier molecular flexibility index (Phi) is 6.42. The van der Waals surface area contributed by atoms with Crippen LogP contribution >= 0.6 is 23.1 Å². The highest BCUT2D eigenvalue weighted by atomic mass is 32.2. The molecule has 8 nitrogen and oxygen atoms in total. The maximum Gasteiger partial charge on any atom is 0.262 e. The van der Waals surface area contributed by atoms with Gasteiger partial charge in [-0.2, -0.15) is 10.2 Å². The highest BCUT2D eigenvalue weighted by Gasteiger charge is 2.33. The second-order valence-electron chi connectivity index (χ2n) is 9.18. The number of nitrogens with one attached hydrogen (secondary N) is 1. The molecule has 4 heterocycles. The molecule has 0 radical (unpaired) electrons. The molecule has 3 aromatic heterocycles. The summed E-state index contributed by atoms with van der Waals surface area (Å²) in [4.78, 5) is 34.7. The summed E-state index contributed by atoms with van der Waals surface area (Å²) in [6, 6.07) is 19.9. The van der Waals surface area contributed by atoms with Crippen molar-refractivity contribution in [1.82, 2.24) is 24.8 Å². The molecule has 1 N–H and O–H groups in total. The molecule has 5 aromatic rings. The van der Waals surface area contributed by atoms with Crippen molar-refractivity contribution in [2.75, 3.05) is 5.75 Å². The lowest BCUT2D eigenvalue weighted by Gasteiger charge is -2.22. The number of hydrogen-bond donors (Lipinski definition) is 1. The van der Waals surface area contributed by atoms with E-state index in [1.54, 1.807) is 21.0 Å². The fraction of sp³-hybridized carbons (Fsp3) is 0.179. The van der Waals surface area contributed by atoms with Gasteiger partial charge in [-0.3, -0.25) is 9.59 Å². The maximum atomic E-state index is 13.5. The minimum Gasteiger partial charge on any atom is -0.301 e. The molecule has 0 saturated carbocycles. The van der Waals surface area contributed by atoms with Gasteiger partial charge in [0.05, 0.1) is 34.3 Å². The van der Waals surface area contributed by atoms with Crippen LogP contribution in [0.5, 0.6) is 0 Å². The number of aromatic nitrogens is 4. The number of benzene rings is 2. The third-order valence-corrected chi connectivity index (χ3v) is 8.24. The zero-order valence-electron chi connectivity index (χ0n) is 20.8. The molecule has 1 amide bonds. The van der Waals surface area contributed by atoms with E-state index in [1.165, 1.54) is 18.0 Å². The van der Waals surface area contributed by atoms with Crippen molar-refractivity contribution in [3.05, 3.63) is 104 Å². The Hall–Kier alpha value is -4.02. The van der Waals surface area contributed by atoms with Gasteiger partial charge in [0, 0.05) is 6.42 Å². The van der Waals surface area contributed by atoms with Crippen LogP contribution in [0.15, 0.2) is 87.3 Å². The van der Waals surface area contributed by atoms with E-state index >= 15 is 0 Å². The van der Waals surface area contributed by atoms with Gasteiger partial charge < -0.3 is 4.98 Å². The minimum absolute atomic E-state index is 0.0801. The number of hydrazone groups is 1. The first kappa shape index (κ1) is 24.3. The highest BCUT2D eigenvalue weighted by Crippen LogP contribution is 2.34. The average molecular weight is 541 g/mol. The average Bonchev–Trinajstić information content (AvgIpc) is 3.68. The van der Waals surface area contributed by atoms with E-state index in [9.17, 15) is 9.59 Å². The Morgan fingerprint density at radius 1 is 1.08 bits per heavy atom. The molecule has 0 fully saturated rings. The van der Waals surface area contributed by atoms with Crippen LogP contribution in [0.25, 0.3) is 16.7 Å². The molecule has 0 spiro atoms. The SMILES string of the molecule is Cc1ccc(C2CC(c3cccs3)=NN2C(=O)CSc2nc3c(cnn3-c3ccc(C)cc3)c(=O)[nH]2)cc1. The Labute approximate surface area is 227 Å². The quantitative estimate of drug-likeness (QED) is 0.234. The standard InChI is InChI=1S/C28H24N6O2S2/c1-17-5-9-19(10-6-17)23-14-22(24-4-3-13-37-24)32-34(23)25(35)16-38-28-30-26-21(27(36)31-28)15-29-33(26)20-11-7-18(2)8-12-20/h3-13,15,23H,14,16H2,1-2H3,(H,30,31,36). The number of rotatable bonds is 6. The van der Waals surface area contributed by atoms with Gasteiger partial charge in [0.15, 0.2) is 10.8 Å². The Morgan fingerprint density at radius 2 is 1.82 bits per heavy atom. The van der Waals surface area contributed by atoms with Crippen LogP contribution in [-0.4, -0.2) is 42.1 Å². The summed E-state index contributed by atoms with van der Waals surface area (Å²) in [5.41, 5.74) is 5.20. The number of nitrogens with zero attached hydrogens (tertiary/aromatic N) is 5. The van der Waals surface area contributed by atoms with Gasteiger partial charge in [-0.15, -0.1) is 11.3 Å². The number of aromatic amines is 1. The number of thioether (sulfide) groups is 1. The number of carbonyl (C=O) groups excluding carboxylic acids is 1. The molecule has 38 heavy (non-hydrogen) atoms. The first-order chi connectivity index (χ1) is 18.5. The van der Waals surface area contributed by atoms with Gasteiger partial charge in [-0.05, 0) is 43.0 Å². The molecular weight excluding hydrogens is 516 g/mol. The molecule has 0 bridgehead atoms. The molecule has 10 heteroatoms.